The predicted octanol–water partition coefficient (Wildman–Crippen LogP) is 0.650. The van der Waals surface area contributed by atoms with E-state index in [1.54, 1.807) is 11.1 Å². The molecule has 0 saturated heterocycles. The number of sulfone groups is 1. The maximum absolute atomic E-state index is 12.6. The van der Waals surface area contributed by atoms with Crippen LogP contribution in [0.5, 0.6) is 0 Å². The molecule has 2 heterocycles. The third-order valence-corrected chi connectivity index (χ3v) is 7.22. The fraction of sp³-hybridized carbons (Fsp3) is 0.692. The second-order valence-corrected chi connectivity index (χ2v) is 8.88. The van der Waals surface area contributed by atoms with E-state index < -0.39 is 14.6 Å². The SMILES string of the molecule is CC(C)(C(=O)N1CCc2[nH]ncc2C1)S(=O)(=O)C1CC1. The summed E-state index contributed by atoms with van der Waals surface area (Å²) in [6, 6.07) is 0. The molecule has 0 aromatic carbocycles. The number of aromatic amines is 1. The number of rotatable bonds is 3. The van der Waals surface area contributed by atoms with Crippen molar-refractivity contribution in [2.24, 2.45) is 0 Å². The Kier molecular flexibility index (Phi) is 2.93. The first-order valence-corrected chi connectivity index (χ1v) is 8.42. The van der Waals surface area contributed by atoms with Crippen molar-refractivity contribution in [3.8, 4) is 0 Å². The molecule has 0 spiro atoms. The van der Waals surface area contributed by atoms with Crippen LogP contribution >= 0.6 is 0 Å². The highest BCUT2D eigenvalue weighted by molar-refractivity contribution is 7.94. The normalized spacial score (nSPS) is 19.8. The van der Waals surface area contributed by atoms with Gasteiger partial charge in [0.05, 0.1) is 11.4 Å². The van der Waals surface area contributed by atoms with Crippen molar-refractivity contribution in [3.63, 3.8) is 0 Å². The van der Waals surface area contributed by atoms with Crippen LogP contribution in [0.4, 0.5) is 0 Å². The minimum Gasteiger partial charge on any atom is -0.336 e. The summed E-state index contributed by atoms with van der Waals surface area (Å²) in [7, 11) is -3.39. The van der Waals surface area contributed by atoms with E-state index in [-0.39, 0.29) is 11.2 Å². The lowest BCUT2D eigenvalue weighted by Gasteiger charge is -2.33. The van der Waals surface area contributed by atoms with Crippen LogP contribution in [0.25, 0.3) is 0 Å². The summed E-state index contributed by atoms with van der Waals surface area (Å²) in [6.07, 6.45) is 3.77. The number of hydrogen-bond donors (Lipinski definition) is 1. The number of nitrogens with one attached hydrogen (secondary N) is 1. The van der Waals surface area contributed by atoms with Gasteiger partial charge in [0.2, 0.25) is 5.91 Å². The Bertz CT molecular complexity index is 644. The first kappa shape index (κ1) is 13.6. The molecule has 0 atom stereocenters. The van der Waals surface area contributed by atoms with E-state index in [0.717, 1.165) is 11.3 Å². The highest BCUT2D eigenvalue weighted by Gasteiger charge is 2.51. The van der Waals surface area contributed by atoms with Crippen LogP contribution in [0.1, 0.15) is 37.9 Å². The second kappa shape index (κ2) is 4.31. The number of carbonyl (C=O) groups excluding carboxylic acids is 1. The molecule has 0 unspecified atom stereocenters. The van der Waals surface area contributed by atoms with Crippen molar-refractivity contribution >= 4 is 15.7 Å². The van der Waals surface area contributed by atoms with Crippen LogP contribution in [0, 0.1) is 0 Å². The maximum Gasteiger partial charge on any atom is 0.243 e. The standard InChI is InChI=1S/C13H19N3O3S/c1-13(2,20(18,19)10-3-4-10)12(17)16-6-5-11-9(8-16)7-14-15-11/h7,10H,3-6,8H2,1-2H3,(H,14,15). The molecule has 1 aromatic heterocycles. The molecule has 1 N–H and O–H groups in total. The van der Waals surface area contributed by atoms with Gasteiger partial charge in [0.1, 0.15) is 4.75 Å². The molecular formula is C13H19N3O3S. The summed E-state index contributed by atoms with van der Waals surface area (Å²) in [4.78, 5) is 14.3. The van der Waals surface area contributed by atoms with Crippen LogP contribution in [0.3, 0.4) is 0 Å². The molecule has 110 valence electrons. The van der Waals surface area contributed by atoms with E-state index in [4.69, 9.17) is 0 Å². The highest BCUT2D eigenvalue weighted by atomic mass is 32.2. The van der Waals surface area contributed by atoms with Crippen LogP contribution < -0.4 is 0 Å². The van der Waals surface area contributed by atoms with Crippen molar-refractivity contribution in [2.45, 2.75) is 49.7 Å². The molecule has 1 saturated carbocycles. The molecule has 6 nitrogen and oxygen atoms in total. The van der Waals surface area contributed by atoms with E-state index in [2.05, 4.69) is 10.2 Å². The Morgan fingerprint density at radius 2 is 2.15 bits per heavy atom. The number of hydrogen-bond acceptors (Lipinski definition) is 4. The monoisotopic (exact) mass is 297 g/mol. The number of aromatic nitrogens is 2. The Hall–Kier alpha value is -1.37. The summed E-state index contributed by atoms with van der Waals surface area (Å²) < 4.78 is 23.5. The fourth-order valence-corrected chi connectivity index (χ4v) is 4.66. The largest absolute Gasteiger partial charge is 0.336 e. The molecule has 1 aliphatic carbocycles. The molecule has 0 radical (unpaired) electrons. The molecule has 1 aromatic rings. The number of H-pyrrole nitrogens is 1. The third-order valence-electron chi connectivity index (χ3n) is 4.28. The number of carbonyl (C=O) groups is 1. The maximum atomic E-state index is 12.6. The smallest absolute Gasteiger partial charge is 0.243 e. The van der Waals surface area contributed by atoms with E-state index in [0.29, 0.717) is 32.4 Å². The zero-order valence-electron chi connectivity index (χ0n) is 11.7. The summed E-state index contributed by atoms with van der Waals surface area (Å²) in [5.74, 6) is -0.295. The Morgan fingerprint density at radius 1 is 1.45 bits per heavy atom. The second-order valence-electron chi connectivity index (χ2n) is 6.11. The first-order chi connectivity index (χ1) is 9.34. The molecule has 3 rings (SSSR count). The van der Waals surface area contributed by atoms with Crippen LogP contribution in [0.15, 0.2) is 6.20 Å². The summed E-state index contributed by atoms with van der Waals surface area (Å²) in [5.41, 5.74) is 2.01. The molecule has 0 bridgehead atoms. The van der Waals surface area contributed by atoms with E-state index in [1.165, 1.54) is 13.8 Å². The van der Waals surface area contributed by atoms with E-state index in [9.17, 15) is 13.2 Å². The van der Waals surface area contributed by atoms with Crippen LogP contribution in [-0.4, -0.2) is 46.0 Å². The molecule has 2 aliphatic rings. The molecule has 7 heteroatoms. The van der Waals surface area contributed by atoms with Gasteiger partial charge in [-0.05, 0) is 26.7 Å². The summed E-state index contributed by atoms with van der Waals surface area (Å²) >= 11 is 0. The van der Waals surface area contributed by atoms with Gasteiger partial charge in [-0.15, -0.1) is 0 Å². The molecular weight excluding hydrogens is 278 g/mol. The van der Waals surface area contributed by atoms with Gasteiger partial charge in [-0.3, -0.25) is 9.89 Å². The number of fused-ring (bicyclic) bond motifs is 1. The van der Waals surface area contributed by atoms with Crippen molar-refractivity contribution in [1.29, 1.82) is 0 Å². The van der Waals surface area contributed by atoms with Gasteiger partial charge in [-0.1, -0.05) is 0 Å². The van der Waals surface area contributed by atoms with Gasteiger partial charge in [0.15, 0.2) is 9.84 Å². The van der Waals surface area contributed by atoms with Crippen molar-refractivity contribution in [3.05, 3.63) is 17.5 Å². The quantitative estimate of drug-likeness (QED) is 0.888. The number of nitrogens with zero attached hydrogens (tertiary/aromatic N) is 2. The van der Waals surface area contributed by atoms with Crippen molar-refractivity contribution in [2.75, 3.05) is 6.54 Å². The average Bonchev–Trinajstić information content (AvgIpc) is 3.16. The summed E-state index contributed by atoms with van der Waals surface area (Å²) in [6.45, 7) is 4.05. The van der Waals surface area contributed by atoms with Gasteiger partial charge < -0.3 is 4.90 Å². The van der Waals surface area contributed by atoms with Gasteiger partial charge in [-0.25, -0.2) is 8.42 Å². The average molecular weight is 297 g/mol. The zero-order valence-corrected chi connectivity index (χ0v) is 12.5. The highest BCUT2D eigenvalue weighted by Crippen LogP contribution is 2.37. The van der Waals surface area contributed by atoms with E-state index in [1.807, 2.05) is 0 Å². The fourth-order valence-electron chi connectivity index (χ4n) is 2.69. The van der Waals surface area contributed by atoms with Gasteiger partial charge in [-0.2, -0.15) is 5.10 Å². The topological polar surface area (TPSA) is 83.1 Å². The van der Waals surface area contributed by atoms with Gasteiger partial charge in [0, 0.05) is 30.8 Å². The minimum absolute atomic E-state index is 0.295. The van der Waals surface area contributed by atoms with Gasteiger partial charge in [0.25, 0.3) is 0 Å². The molecule has 20 heavy (non-hydrogen) atoms. The lowest BCUT2D eigenvalue weighted by Crippen LogP contribution is -2.52. The summed E-state index contributed by atoms with van der Waals surface area (Å²) in [5, 5.41) is 6.55. The third kappa shape index (κ3) is 1.95. The zero-order chi connectivity index (χ0) is 14.5. The Morgan fingerprint density at radius 3 is 2.80 bits per heavy atom. The van der Waals surface area contributed by atoms with Crippen LogP contribution in [-0.2, 0) is 27.6 Å². The lowest BCUT2D eigenvalue weighted by molar-refractivity contribution is -0.134. The predicted molar refractivity (Wildman–Crippen MR) is 73.7 cm³/mol. The molecule has 1 fully saturated rings. The van der Waals surface area contributed by atoms with Crippen LogP contribution in [0.2, 0.25) is 0 Å². The van der Waals surface area contributed by atoms with E-state index >= 15 is 0 Å². The number of amides is 1. The Balaban J connectivity index is 1.83. The van der Waals surface area contributed by atoms with Crippen molar-refractivity contribution < 1.29 is 13.2 Å². The van der Waals surface area contributed by atoms with Crippen molar-refractivity contribution in [1.82, 2.24) is 15.1 Å². The minimum atomic E-state index is -3.39. The Labute approximate surface area is 118 Å². The molecule has 1 aliphatic heterocycles. The first-order valence-electron chi connectivity index (χ1n) is 6.88. The molecule has 1 amide bonds. The van der Waals surface area contributed by atoms with Gasteiger partial charge >= 0.3 is 0 Å². The lowest BCUT2D eigenvalue weighted by atomic mass is 10.1.